The first-order valence-electron chi connectivity index (χ1n) is 5.68. The largest absolute Gasteiger partial charge is 0.453 e. The number of nitrogens with zero attached hydrogens (tertiary/aromatic N) is 1. The lowest BCUT2D eigenvalue weighted by atomic mass is 10.2. The molecular formula is C12H15ClN2O3. The first kappa shape index (κ1) is 13.0. The van der Waals surface area contributed by atoms with E-state index in [1.54, 1.807) is 6.07 Å². The predicted octanol–water partition coefficient (Wildman–Crippen LogP) is 2.35. The van der Waals surface area contributed by atoms with Gasteiger partial charge in [-0.15, -0.1) is 0 Å². The lowest BCUT2D eigenvalue weighted by Gasteiger charge is -2.29. The SMILES string of the molecule is COC(=O)Nc1cc(N2CCOCC2)ccc1Cl. The van der Waals surface area contributed by atoms with Gasteiger partial charge in [0.1, 0.15) is 0 Å². The summed E-state index contributed by atoms with van der Waals surface area (Å²) in [4.78, 5) is 13.4. The number of methoxy groups -OCH3 is 1. The molecule has 1 heterocycles. The van der Waals surface area contributed by atoms with E-state index in [1.807, 2.05) is 12.1 Å². The molecule has 0 unspecified atom stereocenters. The molecule has 0 spiro atoms. The smallest absolute Gasteiger partial charge is 0.411 e. The first-order chi connectivity index (χ1) is 8.70. The normalized spacial score (nSPS) is 15.3. The van der Waals surface area contributed by atoms with Crippen molar-refractivity contribution < 1.29 is 14.3 Å². The maximum absolute atomic E-state index is 11.2. The third-order valence-electron chi connectivity index (χ3n) is 2.75. The van der Waals surface area contributed by atoms with E-state index in [0.717, 1.165) is 18.8 Å². The highest BCUT2D eigenvalue weighted by atomic mass is 35.5. The van der Waals surface area contributed by atoms with Crippen LogP contribution < -0.4 is 10.2 Å². The molecule has 0 aliphatic carbocycles. The molecule has 2 rings (SSSR count). The minimum absolute atomic E-state index is 0.484. The van der Waals surface area contributed by atoms with Gasteiger partial charge in [-0.1, -0.05) is 11.6 Å². The van der Waals surface area contributed by atoms with E-state index in [1.165, 1.54) is 7.11 Å². The highest BCUT2D eigenvalue weighted by Gasteiger charge is 2.13. The number of halogens is 1. The molecule has 1 saturated heterocycles. The van der Waals surface area contributed by atoms with E-state index in [4.69, 9.17) is 16.3 Å². The highest BCUT2D eigenvalue weighted by Crippen LogP contribution is 2.28. The Morgan fingerprint density at radius 3 is 2.83 bits per heavy atom. The highest BCUT2D eigenvalue weighted by molar-refractivity contribution is 6.33. The molecule has 1 N–H and O–H groups in total. The van der Waals surface area contributed by atoms with Crippen molar-refractivity contribution in [3.8, 4) is 0 Å². The number of morpholine rings is 1. The lowest BCUT2D eigenvalue weighted by Crippen LogP contribution is -2.36. The van der Waals surface area contributed by atoms with Gasteiger partial charge in [0.2, 0.25) is 0 Å². The molecule has 18 heavy (non-hydrogen) atoms. The maximum atomic E-state index is 11.2. The van der Waals surface area contributed by atoms with Gasteiger partial charge >= 0.3 is 6.09 Å². The van der Waals surface area contributed by atoms with E-state index in [-0.39, 0.29) is 0 Å². The standard InChI is InChI=1S/C12H15ClN2O3/c1-17-12(16)14-11-8-9(2-3-10(11)13)15-4-6-18-7-5-15/h2-3,8H,4-7H2,1H3,(H,14,16). The number of carbonyl (C=O) groups is 1. The summed E-state index contributed by atoms with van der Waals surface area (Å²) in [5.74, 6) is 0. The number of hydrogen-bond donors (Lipinski definition) is 1. The van der Waals surface area contributed by atoms with Crippen molar-refractivity contribution in [1.29, 1.82) is 0 Å². The van der Waals surface area contributed by atoms with E-state index < -0.39 is 6.09 Å². The second-order valence-electron chi connectivity index (χ2n) is 3.88. The van der Waals surface area contributed by atoms with Gasteiger partial charge in [0.25, 0.3) is 0 Å². The van der Waals surface area contributed by atoms with Gasteiger partial charge < -0.3 is 14.4 Å². The number of nitrogens with one attached hydrogen (secondary N) is 1. The number of amides is 1. The van der Waals surface area contributed by atoms with E-state index in [9.17, 15) is 4.79 Å². The third-order valence-corrected chi connectivity index (χ3v) is 3.08. The summed E-state index contributed by atoms with van der Waals surface area (Å²) in [6, 6.07) is 5.53. The van der Waals surface area contributed by atoms with Crippen molar-refractivity contribution in [2.45, 2.75) is 0 Å². The van der Waals surface area contributed by atoms with E-state index >= 15 is 0 Å². The van der Waals surface area contributed by atoms with Crippen molar-refractivity contribution in [2.75, 3.05) is 43.6 Å². The van der Waals surface area contributed by atoms with Gasteiger partial charge in [-0.05, 0) is 18.2 Å². The molecular weight excluding hydrogens is 256 g/mol. The summed E-state index contributed by atoms with van der Waals surface area (Å²) < 4.78 is 9.85. The summed E-state index contributed by atoms with van der Waals surface area (Å²) in [5.41, 5.74) is 1.56. The monoisotopic (exact) mass is 270 g/mol. The van der Waals surface area contributed by atoms with Crippen molar-refractivity contribution in [3.05, 3.63) is 23.2 Å². The maximum Gasteiger partial charge on any atom is 0.411 e. The zero-order valence-electron chi connectivity index (χ0n) is 10.1. The Morgan fingerprint density at radius 2 is 2.17 bits per heavy atom. The van der Waals surface area contributed by atoms with E-state index in [0.29, 0.717) is 23.9 Å². The Kier molecular flexibility index (Phi) is 4.28. The molecule has 6 heteroatoms. The molecule has 1 amide bonds. The second kappa shape index (κ2) is 5.93. The summed E-state index contributed by atoms with van der Waals surface area (Å²) in [7, 11) is 1.31. The van der Waals surface area contributed by atoms with Crippen LogP contribution in [0.3, 0.4) is 0 Å². The van der Waals surface area contributed by atoms with Gasteiger partial charge in [0, 0.05) is 18.8 Å². The molecule has 1 aromatic carbocycles. The number of carbonyl (C=O) groups excluding carboxylic acids is 1. The van der Waals surface area contributed by atoms with Gasteiger partial charge in [0.15, 0.2) is 0 Å². The van der Waals surface area contributed by atoms with Crippen molar-refractivity contribution in [3.63, 3.8) is 0 Å². The van der Waals surface area contributed by atoms with Gasteiger partial charge in [-0.25, -0.2) is 4.79 Å². The fourth-order valence-corrected chi connectivity index (χ4v) is 1.95. The van der Waals surface area contributed by atoms with Crippen molar-refractivity contribution >= 4 is 29.1 Å². The molecule has 0 bridgehead atoms. The molecule has 0 atom stereocenters. The fraction of sp³-hybridized carbons (Fsp3) is 0.417. The average molecular weight is 271 g/mol. The van der Waals surface area contributed by atoms with Crippen LogP contribution >= 0.6 is 11.6 Å². The molecule has 1 aliphatic heterocycles. The quantitative estimate of drug-likeness (QED) is 0.896. The van der Waals surface area contributed by atoms with Crippen molar-refractivity contribution in [1.82, 2.24) is 0 Å². The lowest BCUT2D eigenvalue weighted by molar-refractivity contribution is 0.122. The summed E-state index contributed by atoms with van der Waals surface area (Å²) in [5, 5.41) is 3.07. The molecule has 0 radical (unpaired) electrons. The van der Waals surface area contributed by atoms with Crippen LogP contribution in [-0.2, 0) is 9.47 Å². The number of benzene rings is 1. The van der Waals surface area contributed by atoms with E-state index in [2.05, 4.69) is 15.0 Å². The van der Waals surface area contributed by atoms with Gasteiger partial charge in [0.05, 0.1) is 31.0 Å². The minimum atomic E-state index is -0.531. The molecule has 1 aliphatic rings. The van der Waals surface area contributed by atoms with Crippen LogP contribution in [0.15, 0.2) is 18.2 Å². The minimum Gasteiger partial charge on any atom is -0.453 e. The zero-order chi connectivity index (χ0) is 13.0. The molecule has 1 aromatic rings. The van der Waals surface area contributed by atoms with Crippen LogP contribution in [0.1, 0.15) is 0 Å². The number of anilines is 2. The molecule has 0 saturated carbocycles. The molecule has 5 nitrogen and oxygen atoms in total. The zero-order valence-corrected chi connectivity index (χ0v) is 10.9. The molecule has 98 valence electrons. The Morgan fingerprint density at radius 1 is 1.44 bits per heavy atom. The van der Waals surface area contributed by atoms with Gasteiger partial charge in [-0.3, -0.25) is 5.32 Å². The molecule has 1 fully saturated rings. The van der Waals surface area contributed by atoms with Gasteiger partial charge in [-0.2, -0.15) is 0 Å². The Balaban J connectivity index is 2.16. The second-order valence-corrected chi connectivity index (χ2v) is 4.29. The first-order valence-corrected chi connectivity index (χ1v) is 6.05. The average Bonchev–Trinajstić information content (AvgIpc) is 2.42. The number of hydrogen-bond acceptors (Lipinski definition) is 4. The Hall–Kier alpha value is -1.46. The Labute approximate surface area is 111 Å². The summed E-state index contributed by atoms with van der Waals surface area (Å²) >= 11 is 6.02. The fourth-order valence-electron chi connectivity index (χ4n) is 1.79. The topological polar surface area (TPSA) is 50.8 Å². The number of rotatable bonds is 2. The van der Waals surface area contributed by atoms with Crippen LogP contribution in [-0.4, -0.2) is 39.5 Å². The molecule has 0 aromatic heterocycles. The van der Waals surface area contributed by atoms with Crippen LogP contribution in [0.4, 0.5) is 16.2 Å². The van der Waals surface area contributed by atoms with Crippen LogP contribution in [0.25, 0.3) is 0 Å². The summed E-state index contributed by atoms with van der Waals surface area (Å²) in [6.07, 6.45) is -0.531. The number of ether oxygens (including phenoxy) is 2. The van der Waals surface area contributed by atoms with Crippen LogP contribution in [0, 0.1) is 0 Å². The summed E-state index contributed by atoms with van der Waals surface area (Å²) in [6.45, 7) is 3.09. The van der Waals surface area contributed by atoms with Crippen LogP contribution in [0.5, 0.6) is 0 Å². The Bertz CT molecular complexity index is 433. The van der Waals surface area contributed by atoms with Crippen molar-refractivity contribution in [2.24, 2.45) is 0 Å². The van der Waals surface area contributed by atoms with Crippen LogP contribution in [0.2, 0.25) is 5.02 Å². The predicted molar refractivity (Wildman–Crippen MR) is 70.5 cm³/mol. The third kappa shape index (κ3) is 3.05.